The minimum atomic E-state index is -0.0813. The Labute approximate surface area is 170 Å². The fourth-order valence-electron chi connectivity index (χ4n) is 3.75. The highest BCUT2D eigenvalue weighted by Gasteiger charge is 2.25. The summed E-state index contributed by atoms with van der Waals surface area (Å²) in [6.45, 7) is 0.584. The van der Waals surface area contributed by atoms with Crippen LogP contribution in [0.5, 0.6) is 5.75 Å². The Morgan fingerprint density at radius 2 is 1.64 bits per heavy atom. The van der Waals surface area contributed by atoms with Gasteiger partial charge in [-0.2, -0.15) is 0 Å². The van der Waals surface area contributed by atoms with Gasteiger partial charge in [-0.15, -0.1) is 0 Å². The van der Waals surface area contributed by atoms with Gasteiger partial charge in [0.05, 0.1) is 12.6 Å². The summed E-state index contributed by atoms with van der Waals surface area (Å²) in [5.41, 5.74) is 3.22. The van der Waals surface area contributed by atoms with Crippen LogP contribution in [-0.4, -0.2) is 12.5 Å². The lowest BCUT2D eigenvalue weighted by atomic mass is 9.88. The average molecular weight is 392 g/mol. The van der Waals surface area contributed by atoms with Gasteiger partial charge < -0.3 is 10.1 Å². The molecule has 3 nitrogen and oxygen atoms in total. The standard InChI is InChI=1S/C24H22ClNO2/c25-19-11-12-23-21(15-19)22(13-14-28-23)26-24(27)16-20(17-7-3-1-4-8-17)18-9-5-2-6-10-18/h1-12,15,20,22H,13-14,16H2,(H,26,27). The third kappa shape index (κ3) is 4.20. The first kappa shape index (κ1) is 18.6. The van der Waals surface area contributed by atoms with E-state index < -0.39 is 0 Å². The lowest BCUT2D eigenvalue weighted by Crippen LogP contribution is -2.33. The van der Waals surface area contributed by atoms with E-state index in [2.05, 4.69) is 29.6 Å². The number of carbonyl (C=O) groups excluding carboxylic acids is 1. The Morgan fingerprint density at radius 3 is 2.29 bits per heavy atom. The van der Waals surface area contributed by atoms with Crippen LogP contribution in [0.3, 0.4) is 0 Å². The normalized spacial score (nSPS) is 15.6. The van der Waals surface area contributed by atoms with Gasteiger partial charge in [0.1, 0.15) is 5.75 Å². The number of amides is 1. The van der Waals surface area contributed by atoms with Gasteiger partial charge in [-0.1, -0.05) is 72.3 Å². The molecule has 1 atom stereocenters. The van der Waals surface area contributed by atoms with Crippen molar-refractivity contribution in [2.24, 2.45) is 0 Å². The van der Waals surface area contributed by atoms with Crippen LogP contribution in [0.1, 0.15) is 41.5 Å². The number of ether oxygens (including phenoxy) is 1. The van der Waals surface area contributed by atoms with Crippen molar-refractivity contribution in [3.63, 3.8) is 0 Å². The fraction of sp³-hybridized carbons (Fsp3) is 0.208. The highest BCUT2D eigenvalue weighted by Crippen LogP contribution is 2.35. The maximum absolute atomic E-state index is 13.0. The first-order valence-electron chi connectivity index (χ1n) is 9.52. The topological polar surface area (TPSA) is 38.3 Å². The Balaban J connectivity index is 1.54. The van der Waals surface area contributed by atoms with E-state index in [-0.39, 0.29) is 17.9 Å². The predicted octanol–water partition coefficient (Wildman–Crippen LogP) is 5.50. The first-order chi connectivity index (χ1) is 13.7. The molecular formula is C24H22ClNO2. The molecule has 0 radical (unpaired) electrons. The SMILES string of the molecule is O=C(CC(c1ccccc1)c1ccccc1)NC1CCOc2ccc(Cl)cc21. The lowest BCUT2D eigenvalue weighted by molar-refractivity contribution is -0.122. The minimum Gasteiger partial charge on any atom is -0.493 e. The van der Waals surface area contributed by atoms with Crippen LogP contribution in [0.4, 0.5) is 0 Å². The molecule has 1 heterocycles. The van der Waals surface area contributed by atoms with E-state index in [1.165, 1.54) is 0 Å². The lowest BCUT2D eigenvalue weighted by Gasteiger charge is -2.27. The first-order valence-corrected chi connectivity index (χ1v) is 9.90. The molecule has 3 aromatic carbocycles. The Morgan fingerprint density at radius 1 is 1.00 bits per heavy atom. The van der Waals surface area contributed by atoms with E-state index in [1.54, 1.807) is 0 Å². The summed E-state index contributed by atoms with van der Waals surface area (Å²) in [7, 11) is 0. The predicted molar refractivity (Wildman–Crippen MR) is 112 cm³/mol. The van der Waals surface area contributed by atoms with Crippen molar-refractivity contribution < 1.29 is 9.53 Å². The monoisotopic (exact) mass is 391 g/mol. The number of hydrogen-bond donors (Lipinski definition) is 1. The molecule has 1 unspecified atom stereocenters. The largest absolute Gasteiger partial charge is 0.493 e. The number of fused-ring (bicyclic) bond motifs is 1. The van der Waals surface area contributed by atoms with E-state index >= 15 is 0 Å². The summed E-state index contributed by atoms with van der Waals surface area (Å²) >= 11 is 6.15. The van der Waals surface area contributed by atoms with Crippen molar-refractivity contribution in [2.45, 2.75) is 24.8 Å². The van der Waals surface area contributed by atoms with Crippen LogP contribution < -0.4 is 10.1 Å². The van der Waals surface area contributed by atoms with Crippen molar-refractivity contribution in [1.82, 2.24) is 5.32 Å². The number of benzene rings is 3. The number of nitrogens with one attached hydrogen (secondary N) is 1. The molecule has 1 aliphatic rings. The van der Waals surface area contributed by atoms with Crippen molar-refractivity contribution >= 4 is 17.5 Å². The molecule has 1 amide bonds. The summed E-state index contributed by atoms with van der Waals surface area (Å²) in [5, 5.41) is 3.84. The van der Waals surface area contributed by atoms with Crippen LogP contribution in [0.2, 0.25) is 5.02 Å². The summed E-state index contributed by atoms with van der Waals surface area (Å²) in [5.74, 6) is 0.834. The molecule has 4 heteroatoms. The zero-order valence-electron chi connectivity index (χ0n) is 15.5. The quantitative estimate of drug-likeness (QED) is 0.623. The van der Waals surface area contributed by atoms with E-state index in [1.807, 2.05) is 54.6 Å². The van der Waals surface area contributed by atoms with Crippen molar-refractivity contribution in [1.29, 1.82) is 0 Å². The highest BCUT2D eigenvalue weighted by molar-refractivity contribution is 6.30. The Hall–Kier alpha value is -2.78. The average Bonchev–Trinajstić information content (AvgIpc) is 2.74. The molecule has 0 aliphatic carbocycles. The molecule has 0 aromatic heterocycles. The van der Waals surface area contributed by atoms with Gasteiger partial charge in [0.25, 0.3) is 0 Å². The van der Waals surface area contributed by atoms with Crippen molar-refractivity contribution in [3.05, 3.63) is 101 Å². The number of hydrogen-bond acceptors (Lipinski definition) is 2. The van der Waals surface area contributed by atoms with Gasteiger partial charge in [-0.3, -0.25) is 4.79 Å². The van der Waals surface area contributed by atoms with Gasteiger partial charge >= 0.3 is 0 Å². The number of rotatable bonds is 5. The molecule has 0 bridgehead atoms. The molecule has 142 valence electrons. The zero-order chi connectivity index (χ0) is 19.3. The van der Waals surface area contributed by atoms with Crippen LogP contribution >= 0.6 is 11.6 Å². The molecule has 0 spiro atoms. The van der Waals surface area contributed by atoms with Crippen LogP contribution in [0, 0.1) is 0 Å². The Kier molecular flexibility index (Phi) is 5.63. The summed E-state index contributed by atoms with van der Waals surface area (Å²) in [6, 6.07) is 25.8. The van der Waals surface area contributed by atoms with Crippen LogP contribution in [-0.2, 0) is 4.79 Å². The molecule has 4 rings (SSSR count). The van der Waals surface area contributed by atoms with Crippen molar-refractivity contribution in [3.8, 4) is 5.75 Å². The summed E-state index contributed by atoms with van der Waals surface area (Å²) < 4.78 is 5.70. The molecule has 0 saturated carbocycles. The molecule has 0 saturated heterocycles. The zero-order valence-corrected chi connectivity index (χ0v) is 16.2. The second-order valence-electron chi connectivity index (χ2n) is 7.02. The summed E-state index contributed by atoms with van der Waals surface area (Å²) in [6.07, 6.45) is 1.13. The molecule has 28 heavy (non-hydrogen) atoms. The van der Waals surface area contributed by atoms with E-state index in [0.717, 1.165) is 28.9 Å². The van der Waals surface area contributed by atoms with Gasteiger partial charge in [0, 0.05) is 29.3 Å². The highest BCUT2D eigenvalue weighted by atomic mass is 35.5. The Bertz CT molecular complexity index is 904. The number of halogens is 1. The second kappa shape index (κ2) is 8.49. The van der Waals surface area contributed by atoms with E-state index in [0.29, 0.717) is 18.1 Å². The van der Waals surface area contributed by atoms with Gasteiger partial charge in [-0.25, -0.2) is 0 Å². The molecule has 1 aliphatic heterocycles. The maximum Gasteiger partial charge on any atom is 0.221 e. The smallest absolute Gasteiger partial charge is 0.221 e. The number of carbonyl (C=O) groups is 1. The van der Waals surface area contributed by atoms with Crippen LogP contribution in [0.25, 0.3) is 0 Å². The van der Waals surface area contributed by atoms with E-state index in [4.69, 9.17) is 16.3 Å². The van der Waals surface area contributed by atoms with Crippen molar-refractivity contribution in [2.75, 3.05) is 6.61 Å². The third-order valence-electron chi connectivity index (χ3n) is 5.14. The fourth-order valence-corrected chi connectivity index (χ4v) is 3.93. The minimum absolute atomic E-state index is 0.0149. The van der Waals surface area contributed by atoms with Gasteiger partial charge in [-0.05, 0) is 29.3 Å². The molecule has 1 N–H and O–H groups in total. The molecule has 0 fully saturated rings. The van der Waals surface area contributed by atoms with E-state index in [9.17, 15) is 4.79 Å². The third-order valence-corrected chi connectivity index (χ3v) is 5.38. The van der Waals surface area contributed by atoms with Gasteiger partial charge in [0.15, 0.2) is 0 Å². The maximum atomic E-state index is 13.0. The molecule has 3 aromatic rings. The van der Waals surface area contributed by atoms with Gasteiger partial charge in [0.2, 0.25) is 5.91 Å². The second-order valence-corrected chi connectivity index (χ2v) is 7.45. The summed E-state index contributed by atoms with van der Waals surface area (Å²) in [4.78, 5) is 13.0. The van der Waals surface area contributed by atoms with Crippen LogP contribution in [0.15, 0.2) is 78.9 Å². The molecular weight excluding hydrogens is 370 g/mol.